The minimum absolute atomic E-state index is 0.635. The fourth-order valence-corrected chi connectivity index (χ4v) is 3.59. The summed E-state index contributed by atoms with van der Waals surface area (Å²) in [5, 5.41) is 5.61. The molecule has 2 rings (SSSR count). The fraction of sp³-hybridized carbons (Fsp3) is 0.692. The van der Waals surface area contributed by atoms with Crippen molar-refractivity contribution in [2.45, 2.75) is 38.3 Å². The molecule has 1 N–H and O–H groups in total. The minimum atomic E-state index is 0.635. The highest BCUT2D eigenvalue weighted by molar-refractivity contribution is 7.10. The van der Waals surface area contributed by atoms with Gasteiger partial charge in [-0.2, -0.15) is 0 Å². The Morgan fingerprint density at radius 2 is 2.50 bits per heavy atom. The van der Waals surface area contributed by atoms with E-state index in [-0.39, 0.29) is 0 Å². The van der Waals surface area contributed by atoms with Gasteiger partial charge >= 0.3 is 0 Å². The van der Waals surface area contributed by atoms with Crippen LogP contribution in [-0.4, -0.2) is 31.1 Å². The van der Waals surface area contributed by atoms with Crippen molar-refractivity contribution >= 4 is 11.3 Å². The molecule has 0 spiro atoms. The van der Waals surface area contributed by atoms with Crippen LogP contribution in [0.25, 0.3) is 0 Å². The van der Waals surface area contributed by atoms with Crippen LogP contribution >= 0.6 is 11.3 Å². The Morgan fingerprint density at radius 3 is 3.12 bits per heavy atom. The Balaban J connectivity index is 2.03. The Bertz CT molecular complexity index is 297. The summed E-state index contributed by atoms with van der Waals surface area (Å²) >= 11 is 1.90. The molecule has 90 valence electrons. The topological polar surface area (TPSA) is 15.3 Å². The average Bonchev–Trinajstić information content (AvgIpc) is 2.84. The Kier molecular flexibility index (Phi) is 4.38. The molecule has 2 nitrogen and oxygen atoms in total. The van der Waals surface area contributed by atoms with Gasteiger partial charge in [0.2, 0.25) is 0 Å². The molecule has 16 heavy (non-hydrogen) atoms. The lowest BCUT2D eigenvalue weighted by molar-refractivity contribution is 0.138. The number of nitrogens with one attached hydrogen (secondary N) is 1. The summed E-state index contributed by atoms with van der Waals surface area (Å²) in [7, 11) is 2.08. The Morgan fingerprint density at radius 1 is 1.62 bits per heavy atom. The highest BCUT2D eigenvalue weighted by Gasteiger charge is 2.25. The third-order valence-electron chi connectivity index (χ3n) is 3.56. The maximum atomic E-state index is 3.42. The lowest BCUT2D eigenvalue weighted by Gasteiger charge is -2.37. The van der Waals surface area contributed by atoms with Crippen LogP contribution in [0.5, 0.6) is 0 Å². The fourth-order valence-electron chi connectivity index (χ4n) is 2.65. The van der Waals surface area contributed by atoms with Crippen LogP contribution in [0, 0.1) is 0 Å². The van der Waals surface area contributed by atoms with Gasteiger partial charge < -0.3 is 5.32 Å². The first-order valence-electron chi connectivity index (χ1n) is 6.30. The van der Waals surface area contributed by atoms with Gasteiger partial charge in [0.1, 0.15) is 0 Å². The second-order valence-electron chi connectivity index (χ2n) is 4.56. The van der Waals surface area contributed by atoms with Gasteiger partial charge in [0.15, 0.2) is 0 Å². The standard InChI is InChI=1S/C13H22N2S/c1-3-12(13-7-5-9-16-13)15-8-4-6-11(10-15)14-2/h5,7,9,11-12,14H,3-4,6,8,10H2,1-2H3. The number of likely N-dealkylation sites (N-methyl/N-ethyl adjacent to an activating group) is 1. The lowest BCUT2D eigenvalue weighted by Crippen LogP contribution is -2.45. The van der Waals surface area contributed by atoms with E-state index >= 15 is 0 Å². The zero-order valence-electron chi connectivity index (χ0n) is 10.3. The van der Waals surface area contributed by atoms with E-state index < -0.39 is 0 Å². The van der Waals surface area contributed by atoms with Gasteiger partial charge in [-0.15, -0.1) is 11.3 Å². The Labute approximate surface area is 103 Å². The zero-order chi connectivity index (χ0) is 11.4. The second kappa shape index (κ2) is 5.80. The van der Waals surface area contributed by atoms with E-state index in [0.717, 1.165) is 0 Å². The largest absolute Gasteiger partial charge is 0.316 e. The molecule has 1 saturated heterocycles. The van der Waals surface area contributed by atoms with Gasteiger partial charge in [-0.3, -0.25) is 4.90 Å². The molecule has 0 aliphatic carbocycles. The third-order valence-corrected chi connectivity index (χ3v) is 4.53. The monoisotopic (exact) mass is 238 g/mol. The van der Waals surface area contributed by atoms with Crippen molar-refractivity contribution in [3.63, 3.8) is 0 Å². The highest BCUT2D eigenvalue weighted by Crippen LogP contribution is 2.30. The summed E-state index contributed by atoms with van der Waals surface area (Å²) in [5.41, 5.74) is 0. The average molecular weight is 238 g/mol. The van der Waals surface area contributed by atoms with Gasteiger partial charge in [0.05, 0.1) is 0 Å². The van der Waals surface area contributed by atoms with Crippen molar-refractivity contribution in [1.82, 2.24) is 10.2 Å². The summed E-state index contributed by atoms with van der Waals surface area (Å²) in [6.07, 6.45) is 3.87. The molecule has 1 aromatic rings. The number of hydrogen-bond acceptors (Lipinski definition) is 3. The van der Waals surface area contributed by atoms with Crippen molar-refractivity contribution < 1.29 is 0 Å². The molecule has 1 aliphatic rings. The van der Waals surface area contributed by atoms with Gasteiger partial charge in [0.25, 0.3) is 0 Å². The number of likely N-dealkylation sites (tertiary alicyclic amines) is 1. The van der Waals surface area contributed by atoms with Crippen LogP contribution < -0.4 is 5.32 Å². The quantitative estimate of drug-likeness (QED) is 0.867. The van der Waals surface area contributed by atoms with Crippen LogP contribution in [0.4, 0.5) is 0 Å². The van der Waals surface area contributed by atoms with Crippen LogP contribution in [0.3, 0.4) is 0 Å². The lowest BCUT2D eigenvalue weighted by atomic mass is 10.0. The van der Waals surface area contributed by atoms with E-state index in [4.69, 9.17) is 0 Å². The molecule has 2 unspecified atom stereocenters. The number of nitrogens with zero attached hydrogens (tertiary/aromatic N) is 1. The first kappa shape index (κ1) is 12.1. The maximum Gasteiger partial charge on any atom is 0.0439 e. The number of thiophene rings is 1. The van der Waals surface area contributed by atoms with E-state index in [0.29, 0.717) is 12.1 Å². The predicted octanol–water partition coefficient (Wildman–Crippen LogP) is 2.88. The van der Waals surface area contributed by atoms with Crippen molar-refractivity contribution in [1.29, 1.82) is 0 Å². The summed E-state index contributed by atoms with van der Waals surface area (Å²) in [6.45, 7) is 4.76. The summed E-state index contributed by atoms with van der Waals surface area (Å²) in [4.78, 5) is 4.18. The van der Waals surface area contributed by atoms with Gasteiger partial charge in [-0.05, 0) is 44.3 Å². The van der Waals surface area contributed by atoms with Crippen LogP contribution in [0.15, 0.2) is 17.5 Å². The summed E-state index contributed by atoms with van der Waals surface area (Å²) < 4.78 is 0. The van der Waals surface area contributed by atoms with Crippen molar-refractivity contribution in [3.8, 4) is 0 Å². The van der Waals surface area contributed by atoms with Crippen molar-refractivity contribution in [2.75, 3.05) is 20.1 Å². The van der Waals surface area contributed by atoms with E-state index in [1.54, 1.807) is 0 Å². The normalized spacial score (nSPS) is 24.5. The number of piperidine rings is 1. The van der Waals surface area contributed by atoms with E-state index in [1.165, 1.54) is 37.2 Å². The molecule has 0 bridgehead atoms. The second-order valence-corrected chi connectivity index (χ2v) is 5.54. The van der Waals surface area contributed by atoms with Gasteiger partial charge in [-0.25, -0.2) is 0 Å². The molecule has 0 aromatic carbocycles. The predicted molar refractivity (Wildman–Crippen MR) is 71.0 cm³/mol. The minimum Gasteiger partial charge on any atom is -0.316 e. The molecule has 2 atom stereocenters. The molecule has 0 saturated carbocycles. The number of hydrogen-bond donors (Lipinski definition) is 1. The van der Waals surface area contributed by atoms with Crippen LogP contribution in [0.1, 0.15) is 37.1 Å². The van der Waals surface area contributed by atoms with Gasteiger partial charge in [0, 0.05) is 23.5 Å². The van der Waals surface area contributed by atoms with Crippen molar-refractivity contribution in [2.24, 2.45) is 0 Å². The molecule has 0 amide bonds. The van der Waals surface area contributed by atoms with E-state index in [9.17, 15) is 0 Å². The third kappa shape index (κ3) is 2.65. The number of rotatable bonds is 4. The first-order valence-corrected chi connectivity index (χ1v) is 7.17. The zero-order valence-corrected chi connectivity index (χ0v) is 11.1. The Hall–Kier alpha value is -0.380. The molecule has 1 aliphatic heterocycles. The maximum absolute atomic E-state index is 3.42. The summed E-state index contributed by atoms with van der Waals surface area (Å²) in [5.74, 6) is 0. The van der Waals surface area contributed by atoms with Gasteiger partial charge in [-0.1, -0.05) is 13.0 Å². The molecule has 3 heteroatoms. The summed E-state index contributed by atoms with van der Waals surface area (Å²) in [6, 6.07) is 5.77. The van der Waals surface area contributed by atoms with E-state index in [1.807, 2.05) is 11.3 Å². The molecule has 2 heterocycles. The molecule has 0 radical (unpaired) electrons. The van der Waals surface area contributed by atoms with E-state index in [2.05, 4.69) is 41.7 Å². The molecule has 1 aromatic heterocycles. The smallest absolute Gasteiger partial charge is 0.0439 e. The highest BCUT2D eigenvalue weighted by atomic mass is 32.1. The van der Waals surface area contributed by atoms with Crippen molar-refractivity contribution in [3.05, 3.63) is 22.4 Å². The van der Waals surface area contributed by atoms with Crippen LogP contribution in [0.2, 0.25) is 0 Å². The van der Waals surface area contributed by atoms with Crippen LogP contribution in [-0.2, 0) is 0 Å². The molecule has 1 fully saturated rings. The first-order chi connectivity index (χ1) is 7.85. The molecular formula is C13H22N2S. The molecular weight excluding hydrogens is 216 g/mol. The SMILES string of the molecule is CCC(c1cccs1)N1CCCC(NC)C1.